The van der Waals surface area contributed by atoms with Crippen molar-refractivity contribution in [2.75, 3.05) is 24.5 Å². The number of fused-ring (bicyclic) bond motifs is 2. The first-order valence-corrected chi connectivity index (χ1v) is 11.9. The molecule has 1 aliphatic carbocycles. The van der Waals surface area contributed by atoms with E-state index in [0.29, 0.717) is 31.6 Å². The SMILES string of the molecule is CC1(C)CC(=O)Cc2cc(Cc3nc4c(N5CCC6(CC5)CNC(=O)O6)nccn4n3)ccc21. The molecule has 0 unspecified atom stereocenters. The summed E-state index contributed by atoms with van der Waals surface area (Å²) < 4.78 is 7.32. The third-order valence-corrected chi connectivity index (χ3v) is 7.41. The largest absolute Gasteiger partial charge is 0.441 e. The Bertz CT molecular complexity index is 1310. The maximum absolute atomic E-state index is 12.2. The van der Waals surface area contributed by atoms with Gasteiger partial charge in [-0.2, -0.15) is 5.10 Å². The summed E-state index contributed by atoms with van der Waals surface area (Å²) in [5.74, 6) is 1.81. The summed E-state index contributed by atoms with van der Waals surface area (Å²) in [6.45, 7) is 6.31. The Hall–Kier alpha value is -3.49. The maximum Gasteiger partial charge on any atom is 0.407 e. The van der Waals surface area contributed by atoms with Gasteiger partial charge in [0.2, 0.25) is 0 Å². The third-order valence-electron chi connectivity index (χ3n) is 7.41. The molecule has 2 aliphatic heterocycles. The highest BCUT2D eigenvalue weighted by Gasteiger charge is 2.43. The molecule has 6 rings (SSSR count). The number of hydrogen-bond donors (Lipinski definition) is 1. The first-order valence-electron chi connectivity index (χ1n) is 11.9. The zero-order valence-corrected chi connectivity index (χ0v) is 19.5. The van der Waals surface area contributed by atoms with E-state index < -0.39 is 5.60 Å². The molecular weight excluding hydrogens is 432 g/mol. The summed E-state index contributed by atoms with van der Waals surface area (Å²) in [5, 5.41) is 7.47. The number of Topliss-reactive ketones (excluding diaryl/α,β-unsaturated/α-hetero) is 1. The molecule has 0 radical (unpaired) electrons. The lowest BCUT2D eigenvalue weighted by molar-refractivity contribution is -0.120. The monoisotopic (exact) mass is 460 g/mol. The van der Waals surface area contributed by atoms with Crippen LogP contribution in [0.15, 0.2) is 30.6 Å². The van der Waals surface area contributed by atoms with Crippen molar-refractivity contribution in [2.45, 2.75) is 57.0 Å². The first kappa shape index (κ1) is 21.1. The van der Waals surface area contributed by atoms with E-state index in [-0.39, 0.29) is 11.5 Å². The van der Waals surface area contributed by atoms with Crippen molar-refractivity contribution in [2.24, 2.45) is 0 Å². The van der Waals surface area contributed by atoms with Crippen LogP contribution in [0.2, 0.25) is 0 Å². The van der Waals surface area contributed by atoms with Crippen LogP contribution >= 0.6 is 0 Å². The molecular formula is C25H28N6O3. The molecule has 9 heteroatoms. The molecule has 3 aromatic rings. The molecule has 4 heterocycles. The number of hydrogen-bond acceptors (Lipinski definition) is 7. The Morgan fingerprint density at radius 2 is 2.00 bits per heavy atom. The van der Waals surface area contributed by atoms with Crippen molar-refractivity contribution in [3.8, 4) is 0 Å². The summed E-state index contributed by atoms with van der Waals surface area (Å²) in [5.41, 5.74) is 3.69. The number of aromatic nitrogens is 4. The van der Waals surface area contributed by atoms with Crippen molar-refractivity contribution in [1.29, 1.82) is 0 Å². The van der Waals surface area contributed by atoms with Gasteiger partial charge in [-0.15, -0.1) is 0 Å². The number of alkyl carbamates (subject to hydrolysis) is 1. The predicted molar refractivity (Wildman–Crippen MR) is 125 cm³/mol. The van der Waals surface area contributed by atoms with Crippen molar-refractivity contribution >= 4 is 23.3 Å². The maximum atomic E-state index is 12.2. The van der Waals surface area contributed by atoms with Gasteiger partial charge in [0, 0.05) is 57.6 Å². The van der Waals surface area contributed by atoms with Gasteiger partial charge in [0.25, 0.3) is 0 Å². The molecule has 0 saturated carbocycles. The number of ether oxygens (including phenoxy) is 1. The van der Waals surface area contributed by atoms with Gasteiger partial charge in [0.1, 0.15) is 11.4 Å². The van der Waals surface area contributed by atoms with Crippen molar-refractivity contribution in [1.82, 2.24) is 24.9 Å². The zero-order chi connectivity index (χ0) is 23.5. The Morgan fingerprint density at radius 3 is 2.76 bits per heavy atom. The Balaban J connectivity index is 1.24. The minimum absolute atomic E-state index is 0.120. The lowest BCUT2D eigenvalue weighted by Crippen LogP contribution is -2.47. The van der Waals surface area contributed by atoms with E-state index in [0.717, 1.165) is 54.3 Å². The van der Waals surface area contributed by atoms with Crippen LogP contribution in [-0.4, -0.2) is 56.7 Å². The molecule has 1 aromatic carbocycles. The fourth-order valence-corrected chi connectivity index (χ4v) is 5.66. The average molecular weight is 461 g/mol. The van der Waals surface area contributed by atoms with E-state index in [1.807, 2.05) is 6.20 Å². The van der Waals surface area contributed by atoms with Gasteiger partial charge in [0.15, 0.2) is 17.3 Å². The number of carbonyl (C=O) groups excluding carboxylic acids is 2. The van der Waals surface area contributed by atoms with Crippen LogP contribution in [0.5, 0.6) is 0 Å². The molecule has 3 aliphatic rings. The summed E-state index contributed by atoms with van der Waals surface area (Å²) in [6.07, 6.45) is 6.42. The van der Waals surface area contributed by atoms with E-state index in [1.54, 1.807) is 10.7 Å². The van der Waals surface area contributed by atoms with Crippen LogP contribution < -0.4 is 10.2 Å². The van der Waals surface area contributed by atoms with E-state index in [1.165, 1.54) is 5.56 Å². The first-order chi connectivity index (χ1) is 16.3. The number of piperidine rings is 1. The number of nitrogens with zero attached hydrogens (tertiary/aromatic N) is 5. The van der Waals surface area contributed by atoms with Crippen LogP contribution in [-0.2, 0) is 27.8 Å². The minimum atomic E-state index is -0.403. The molecule has 176 valence electrons. The highest BCUT2D eigenvalue weighted by atomic mass is 16.6. The standard InChI is InChI=1S/C25H28N6O3/c1-24(2)14-18(32)13-17-11-16(3-4-19(17)24)12-20-28-22-21(26-7-10-31(22)29-20)30-8-5-25(6-9-30)15-27-23(33)34-25/h3-4,7,10-11H,5-6,8-9,12-15H2,1-2H3,(H,27,33). The highest BCUT2D eigenvalue weighted by Crippen LogP contribution is 2.36. The van der Waals surface area contributed by atoms with Gasteiger partial charge in [-0.1, -0.05) is 32.0 Å². The summed E-state index contributed by atoms with van der Waals surface area (Å²) in [4.78, 5) is 35.4. The van der Waals surface area contributed by atoms with Gasteiger partial charge >= 0.3 is 6.09 Å². The molecule has 34 heavy (non-hydrogen) atoms. The van der Waals surface area contributed by atoms with Gasteiger partial charge in [-0.3, -0.25) is 4.79 Å². The molecule has 1 amide bonds. The van der Waals surface area contributed by atoms with Crippen LogP contribution in [0.4, 0.5) is 10.6 Å². The molecule has 0 atom stereocenters. The van der Waals surface area contributed by atoms with Gasteiger partial charge < -0.3 is 15.0 Å². The van der Waals surface area contributed by atoms with E-state index in [2.05, 4.69) is 47.2 Å². The second kappa shape index (κ2) is 7.51. The normalized spacial score (nSPS) is 20.9. The number of anilines is 1. The average Bonchev–Trinajstić information content (AvgIpc) is 3.36. The fraction of sp³-hybridized carbons (Fsp3) is 0.480. The van der Waals surface area contributed by atoms with Gasteiger partial charge in [-0.05, 0) is 22.1 Å². The van der Waals surface area contributed by atoms with E-state index >= 15 is 0 Å². The minimum Gasteiger partial charge on any atom is -0.441 e. The zero-order valence-electron chi connectivity index (χ0n) is 19.5. The number of amides is 1. The predicted octanol–water partition coefficient (Wildman–Crippen LogP) is 2.59. The third kappa shape index (κ3) is 3.59. The summed E-state index contributed by atoms with van der Waals surface area (Å²) >= 11 is 0. The lowest BCUT2D eigenvalue weighted by atomic mass is 9.72. The van der Waals surface area contributed by atoms with Crippen LogP contribution in [0.3, 0.4) is 0 Å². The molecule has 2 saturated heterocycles. The second-order valence-electron chi connectivity index (χ2n) is 10.4. The number of rotatable bonds is 3. The van der Waals surface area contributed by atoms with Crippen molar-refractivity contribution in [3.05, 3.63) is 53.1 Å². The number of carbonyl (C=O) groups is 2. The number of nitrogens with one attached hydrogen (secondary N) is 1. The van der Waals surface area contributed by atoms with E-state index in [4.69, 9.17) is 14.8 Å². The molecule has 9 nitrogen and oxygen atoms in total. The highest BCUT2D eigenvalue weighted by molar-refractivity contribution is 5.85. The van der Waals surface area contributed by atoms with Crippen LogP contribution in [0.25, 0.3) is 5.65 Å². The quantitative estimate of drug-likeness (QED) is 0.641. The molecule has 1 N–H and O–H groups in total. The Labute approximate surface area is 197 Å². The summed E-state index contributed by atoms with van der Waals surface area (Å²) in [7, 11) is 0. The fourth-order valence-electron chi connectivity index (χ4n) is 5.66. The topological polar surface area (TPSA) is 102 Å². The lowest BCUT2D eigenvalue weighted by Gasteiger charge is -2.37. The van der Waals surface area contributed by atoms with Crippen LogP contribution in [0.1, 0.15) is 55.6 Å². The Morgan fingerprint density at radius 1 is 1.18 bits per heavy atom. The van der Waals surface area contributed by atoms with E-state index in [9.17, 15) is 9.59 Å². The number of benzene rings is 1. The molecule has 2 fully saturated rings. The van der Waals surface area contributed by atoms with Crippen molar-refractivity contribution in [3.63, 3.8) is 0 Å². The summed E-state index contributed by atoms with van der Waals surface area (Å²) in [6, 6.07) is 6.43. The Kier molecular flexibility index (Phi) is 4.65. The van der Waals surface area contributed by atoms with Gasteiger partial charge in [0.05, 0.1) is 6.54 Å². The van der Waals surface area contributed by atoms with Crippen molar-refractivity contribution < 1.29 is 14.3 Å². The smallest absolute Gasteiger partial charge is 0.407 e. The molecule has 1 spiro atoms. The van der Waals surface area contributed by atoms with Crippen LogP contribution in [0, 0.1) is 0 Å². The van der Waals surface area contributed by atoms with Gasteiger partial charge in [-0.25, -0.2) is 19.3 Å². The molecule has 2 aromatic heterocycles. The number of ketones is 1. The second-order valence-corrected chi connectivity index (χ2v) is 10.4. The molecule has 0 bridgehead atoms.